The fraction of sp³-hybridized carbons (Fsp3) is 0.556. The highest BCUT2D eigenvalue weighted by molar-refractivity contribution is 5.85. The van der Waals surface area contributed by atoms with Crippen molar-refractivity contribution in [2.45, 2.75) is 97.3 Å². The molecule has 1 atom stereocenters. The summed E-state index contributed by atoms with van der Waals surface area (Å²) in [5.74, 6) is 0. The number of fused-ring (bicyclic) bond motifs is 3. The normalized spacial score (nSPS) is 19.9. The molecule has 0 saturated carbocycles. The molecule has 27 heavy (non-hydrogen) atoms. The Kier molecular flexibility index (Phi) is 5.19. The molecule has 0 heteroatoms. The van der Waals surface area contributed by atoms with E-state index in [0.29, 0.717) is 5.41 Å². The summed E-state index contributed by atoms with van der Waals surface area (Å²) < 4.78 is 0. The Morgan fingerprint density at radius 2 is 1.67 bits per heavy atom. The van der Waals surface area contributed by atoms with E-state index in [9.17, 15) is 0 Å². The highest BCUT2D eigenvalue weighted by atomic mass is 14.5. The van der Waals surface area contributed by atoms with Crippen LogP contribution >= 0.6 is 0 Å². The lowest BCUT2D eigenvalue weighted by atomic mass is 9.65. The summed E-state index contributed by atoms with van der Waals surface area (Å²) in [5, 5.41) is 0. The van der Waals surface area contributed by atoms with Crippen LogP contribution in [0.5, 0.6) is 0 Å². The van der Waals surface area contributed by atoms with Crippen molar-refractivity contribution in [1.29, 1.82) is 0 Å². The fourth-order valence-corrected chi connectivity index (χ4v) is 6.05. The first kappa shape index (κ1) is 18.8. The quantitative estimate of drug-likeness (QED) is 0.439. The molecule has 0 spiro atoms. The minimum Gasteiger partial charge on any atom is -0.0654 e. The zero-order valence-corrected chi connectivity index (χ0v) is 17.9. The summed E-state index contributed by atoms with van der Waals surface area (Å²) >= 11 is 0. The lowest BCUT2D eigenvalue weighted by Crippen LogP contribution is -2.30. The first-order valence-corrected chi connectivity index (χ1v) is 11.3. The average molecular weight is 361 g/mol. The summed E-state index contributed by atoms with van der Waals surface area (Å²) in [6.07, 6.45) is 13.7. The molecule has 0 bridgehead atoms. The maximum absolute atomic E-state index is 2.52. The molecule has 0 nitrogen and oxygen atoms in total. The van der Waals surface area contributed by atoms with Gasteiger partial charge in [-0.05, 0) is 85.4 Å². The largest absolute Gasteiger partial charge is 0.0654 e. The van der Waals surface area contributed by atoms with Crippen molar-refractivity contribution < 1.29 is 0 Å². The Labute approximate surface area is 166 Å². The number of hydrogen-bond donors (Lipinski definition) is 0. The molecule has 0 aromatic heterocycles. The first-order valence-electron chi connectivity index (χ1n) is 11.3. The van der Waals surface area contributed by atoms with Gasteiger partial charge in [0, 0.05) is 5.41 Å². The van der Waals surface area contributed by atoms with Crippen molar-refractivity contribution in [2.75, 3.05) is 0 Å². The van der Waals surface area contributed by atoms with Crippen LogP contribution in [-0.4, -0.2) is 0 Å². The van der Waals surface area contributed by atoms with E-state index in [1.54, 1.807) is 27.8 Å². The lowest BCUT2D eigenvalue weighted by Gasteiger charge is -2.38. The van der Waals surface area contributed by atoms with Crippen LogP contribution < -0.4 is 0 Å². The van der Waals surface area contributed by atoms with Gasteiger partial charge in [-0.25, -0.2) is 0 Å². The van der Waals surface area contributed by atoms with Gasteiger partial charge in [-0.15, -0.1) is 0 Å². The van der Waals surface area contributed by atoms with Crippen molar-refractivity contribution >= 4 is 0 Å². The Balaban J connectivity index is 1.75. The van der Waals surface area contributed by atoms with Gasteiger partial charge in [0.1, 0.15) is 0 Å². The second-order valence-electron chi connectivity index (χ2n) is 9.24. The molecule has 4 rings (SSSR count). The third-order valence-electron chi connectivity index (χ3n) is 7.28. The molecule has 0 aliphatic heterocycles. The van der Waals surface area contributed by atoms with E-state index < -0.39 is 0 Å². The van der Waals surface area contributed by atoms with Gasteiger partial charge in [-0.2, -0.15) is 0 Å². The van der Waals surface area contributed by atoms with Crippen molar-refractivity contribution in [2.24, 2.45) is 0 Å². The second kappa shape index (κ2) is 7.46. The Morgan fingerprint density at radius 3 is 2.48 bits per heavy atom. The number of benzene rings is 2. The summed E-state index contributed by atoms with van der Waals surface area (Å²) in [7, 11) is 0. The molecule has 2 aromatic rings. The predicted octanol–water partition coefficient (Wildman–Crippen LogP) is 7.97. The molecule has 0 saturated heterocycles. The zero-order chi connectivity index (χ0) is 19.0. The lowest BCUT2D eigenvalue weighted by molar-refractivity contribution is 0.387. The molecule has 144 valence electrons. The van der Waals surface area contributed by atoms with E-state index in [1.807, 2.05) is 0 Å². The molecule has 0 fully saturated rings. The van der Waals surface area contributed by atoms with E-state index in [1.165, 1.54) is 80.9 Å². The summed E-state index contributed by atoms with van der Waals surface area (Å²) in [5.41, 5.74) is 12.9. The van der Waals surface area contributed by atoms with Crippen LogP contribution in [0.1, 0.15) is 98.1 Å². The highest BCUT2D eigenvalue weighted by Crippen LogP contribution is 2.58. The molecule has 0 heterocycles. The van der Waals surface area contributed by atoms with Crippen molar-refractivity contribution in [3.63, 3.8) is 0 Å². The van der Waals surface area contributed by atoms with Crippen LogP contribution in [0.25, 0.3) is 11.1 Å². The smallest absolute Gasteiger partial charge is 0.0218 e. The van der Waals surface area contributed by atoms with E-state index in [0.717, 1.165) is 0 Å². The average Bonchev–Trinajstić information content (AvgIpc) is 2.94. The van der Waals surface area contributed by atoms with Gasteiger partial charge in [0.2, 0.25) is 0 Å². The monoisotopic (exact) mass is 360 g/mol. The number of aryl methyl sites for hydroxylation is 3. The Hall–Kier alpha value is -1.56. The van der Waals surface area contributed by atoms with Gasteiger partial charge in [-0.3, -0.25) is 0 Å². The molecular weight excluding hydrogens is 324 g/mol. The predicted molar refractivity (Wildman–Crippen MR) is 118 cm³/mol. The van der Waals surface area contributed by atoms with E-state index in [4.69, 9.17) is 0 Å². The van der Waals surface area contributed by atoms with Gasteiger partial charge >= 0.3 is 0 Å². The maximum atomic E-state index is 2.52. The molecule has 0 N–H and O–H groups in total. The van der Waals surface area contributed by atoms with Crippen LogP contribution in [0, 0.1) is 20.8 Å². The van der Waals surface area contributed by atoms with Crippen LogP contribution in [0.3, 0.4) is 0 Å². The van der Waals surface area contributed by atoms with Gasteiger partial charge in [0.05, 0.1) is 0 Å². The van der Waals surface area contributed by atoms with Gasteiger partial charge < -0.3 is 0 Å². The number of rotatable bonds is 7. The van der Waals surface area contributed by atoms with Crippen molar-refractivity contribution in [3.05, 3.63) is 57.6 Å². The van der Waals surface area contributed by atoms with E-state index in [-0.39, 0.29) is 0 Å². The topological polar surface area (TPSA) is 0 Å². The van der Waals surface area contributed by atoms with Gasteiger partial charge in [0.25, 0.3) is 0 Å². The van der Waals surface area contributed by atoms with Crippen molar-refractivity contribution in [3.8, 4) is 11.1 Å². The van der Waals surface area contributed by atoms with Gasteiger partial charge in [0.15, 0.2) is 0 Å². The minimum atomic E-state index is 0.297. The molecule has 1 unspecified atom stereocenters. The zero-order valence-electron chi connectivity index (χ0n) is 17.9. The Morgan fingerprint density at radius 1 is 0.889 bits per heavy atom. The van der Waals surface area contributed by atoms with Crippen LogP contribution in [0.15, 0.2) is 24.3 Å². The first-order chi connectivity index (χ1) is 13.1. The molecule has 2 aromatic carbocycles. The molecule has 2 aliphatic carbocycles. The number of unbranched alkanes of at least 4 members (excludes halogenated alkanes) is 5. The molecule has 0 amide bonds. The molecule has 2 aliphatic rings. The van der Waals surface area contributed by atoms with Crippen molar-refractivity contribution in [1.82, 2.24) is 0 Å². The third-order valence-corrected chi connectivity index (χ3v) is 7.28. The molecular formula is C27H36. The van der Waals surface area contributed by atoms with Crippen LogP contribution in [0.2, 0.25) is 0 Å². The number of hydrogen-bond acceptors (Lipinski definition) is 0. The van der Waals surface area contributed by atoms with Crippen LogP contribution in [-0.2, 0) is 11.8 Å². The van der Waals surface area contributed by atoms with Crippen LogP contribution in [0.4, 0.5) is 0 Å². The highest BCUT2D eigenvalue weighted by Gasteiger charge is 2.46. The minimum absolute atomic E-state index is 0.297. The Bertz CT molecular complexity index is 842. The van der Waals surface area contributed by atoms with E-state index >= 15 is 0 Å². The second-order valence-corrected chi connectivity index (χ2v) is 9.24. The summed E-state index contributed by atoms with van der Waals surface area (Å²) in [4.78, 5) is 0. The standard InChI is InChI=1S/C27H36/c1-5-6-7-8-9-10-15-27-16-11-12-22-20(3)18-21(4)25(26(22)27)23-14-13-19(2)17-24(23)27/h13-14,17-18H,5-12,15-16H2,1-4H3. The third kappa shape index (κ3) is 3.06. The SMILES string of the molecule is CCCCCCCCC12CCCc3c(C)cc(C)c(c31)-c1ccc(C)cc12. The maximum Gasteiger partial charge on any atom is 0.0218 e. The fourth-order valence-electron chi connectivity index (χ4n) is 6.05. The van der Waals surface area contributed by atoms with E-state index in [2.05, 4.69) is 52.0 Å². The van der Waals surface area contributed by atoms with Gasteiger partial charge in [-0.1, -0.05) is 75.3 Å². The summed E-state index contributed by atoms with van der Waals surface area (Å²) in [6, 6.07) is 9.71. The molecule has 0 radical (unpaired) electrons. The summed E-state index contributed by atoms with van der Waals surface area (Å²) in [6.45, 7) is 9.25.